The summed E-state index contributed by atoms with van der Waals surface area (Å²) in [6.07, 6.45) is 2.04. The maximum absolute atomic E-state index is 9.35. The first kappa shape index (κ1) is 14.9. The Morgan fingerprint density at radius 1 is 1.47 bits per heavy atom. The van der Waals surface area contributed by atoms with Crippen LogP contribution in [0.25, 0.3) is 0 Å². The molecule has 1 rings (SSSR count). The third-order valence-corrected chi connectivity index (χ3v) is 4.62. The summed E-state index contributed by atoms with van der Waals surface area (Å²) in [6, 6.07) is 0. The van der Waals surface area contributed by atoms with Crippen molar-refractivity contribution in [2.45, 2.75) is 43.5 Å². The number of aliphatic hydroxyl groups excluding tert-OH is 1. The van der Waals surface area contributed by atoms with E-state index in [1.807, 2.05) is 6.92 Å². The molecule has 0 saturated heterocycles. The maximum Gasteiger partial charge on any atom is 0.174 e. The van der Waals surface area contributed by atoms with Gasteiger partial charge in [0.15, 0.2) is 4.34 Å². The summed E-state index contributed by atoms with van der Waals surface area (Å²) in [6.45, 7) is 7.17. The van der Waals surface area contributed by atoms with Gasteiger partial charge in [-0.25, -0.2) is 0 Å². The van der Waals surface area contributed by atoms with E-state index < -0.39 is 0 Å². The Hall–Kier alpha value is -0.170. The predicted octanol–water partition coefficient (Wildman–Crippen LogP) is 2.08. The van der Waals surface area contributed by atoms with E-state index in [9.17, 15) is 5.11 Å². The largest absolute Gasteiger partial charge is 0.394 e. The number of rotatable bonds is 8. The first-order valence-electron chi connectivity index (χ1n) is 5.88. The van der Waals surface area contributed by atoms with Gasteiger partial charge in [-0.3, -0.25) is 0 Å². The predicted molar refractivity (Wildman–Crippen MR) is 73.8 cm³/mol. The minimum Gasteiger partial charge on any atom is -0.394 e. The van der Waals surface area contributed by atoms with Crippen molar-refractivity contribution in [3.63, 3.8) is 0 Å². The monoisotopic (exact) mass is 275 g/mol. The SMILES string of the molecule is CCNC(C)(CO)CCCSc1nnc(C)s1. The first-order valence-corrected chi connectivity index (χ1v) is 7.68. The zero-order valence-electron chi connectivity index (χ0n) is 10.7. The Labute approximate surface area is 111 Å². The molecule has 0 bridgehead atoms. The molecule has 6 heteroatoms. The molecule has 1 unspecified atom stereocenters. The molecule has 1 aromatic heterocycles. The topological polar surface area (TPSA) is 58.0 Å². The van der Waals surface area contributed by atoms with Crippen molar-refractivity contribution in [3.8, 4) is 0 Å². The quantitative estimate of drug-likeness (QED) is 0.562. The molecular weight excluding hydrogens is 254 g/mol. The van der Waals surface area contributed by atoms with Crippen LogP contribution in [-0.2, 0) is 0 Å². The fraction of sp³-hybridized carbons (Fsp3) is 0.818. The van der Waals surface area contributed by atoms with E-state index in [0.29, 0.717) is 0 Å². The molecule has 0 spiro atoms. The number of hydrogen-bond donors (Lipinski definition) is 2. The highest BCUT2D eigenvalue weighted by molar-refractivity contribution is 8.01. The van der Waals surface area contributed by atoms with Crippen molar-refractivity contribution in [2.24, 2.45) is 0 Å². The summed E-state index contributed by atoms with van der Waals surface area (Å²) in [5.41, 5.74) is -0.146. The molecule has 1 heterocycles. The standard InChI is InChI=1S/C11H21N3OS2/c1-4-12-11(3,8-15)6-5-7-16-10-14-13-9(2)17-10/h12,15H,4-8H2,1-3H3. The molecule has 0 saturated carbocycles. The Morgan fingerprint density at radius 2 is 2.24 bits per heavy atom. The lowest BCUT2D eigenvalue weighted by molar-refractivity contribution is 0.167. The number of aliphatic hydroxyl groups is 1. The van der Waals surface area contributed by atoms with Gasteiger partial charge in [0.05, 0.1) is 6.61 Å². The minimum absolute atomic E-state index is 0.146. The first-order chi connectivity index (χ1) is 8.09. The molecule has 0 aliphatic heterocycles. The van der Waals surface area contributed by atoms with Crippen LogP contribution in [0.15, 0.2) is 4.34 Å². The van der Waals surface area contributed by atoms with Crippen molar-refractivity contribution < 1.29 is 5.11 Å². The third-order valence-electron chi connectivity index (χ3n) is 2.56. The molecule has 1 aromatic rings. The Kier molecular flexibility index (Phi) is 6.40. The lowest BCUT2D eigenvalue weighted by Crippen LogP contribution is -2.45. The second kappa shape index (κ2) is 7.31. The number of aryl methyl sites for hydroxylation is 1. The van der Waals surface area contributed by atoms with Crippen molar-refractivity contribution in [1.29, 1.82) is 0 Å². The summed E-state index contributed by atoms with van der Waals surface area (Å²) in [5, 5.41) is 21.7. The van der Waals surface area contributed by atoms with Crippen LogP contribution in [0.1, 0.15) is 31.7 Å². The van der Waals surface area contributed by atoms with Crippen LogP contribution in [-0.4, -0.2) is 39.7 Å². The second-order valence-electron chi connectivity index (χ2n) is 4.29. The molecule has 17 heavy (non-hydrogen) atoms. The summed E-state index contributed by atoms with van der Waals surface area (Å²) in [5.74, 6) is 1.02. The van der Waals surface area contributed by atoms with Crippen molar-refractivity contribution in [2.75, 3.05) is 18.9 Å². The number of aromatic nitrogens is 2. The molecule has 0 fully saturated rings. The van der Waals surface area contributed by atoms with Crippen LogP contribution in [0.5, 0.6) is 0 Å². The number of hydrogen-bond acceptors (Lipinski definition) is 6. The molecule has 4 nitrogen and oxygen atoms in total. The summed E-state index contributed by atoms with van der Waals surface area (Å²) >= 11 is 3.38. The average Bonchev–Trinajstić information content (AvgIpc) is 2.71. The van der Waals surface area contributed by atoms with Crippen molar-refractivity contribution >= 4 is 23.1 Å². The normalized spacial score (nSPS) is 14.8. The highest BCUT2D eigenvalue weighted by Gasteiger charge is 2.20. The van der Waals surface area contributed by atoms with Gasteiger partial charge in [-0.05, 0) is 33.2 Å². The van der Waals surface area contributed by atoms with Crippen LogP contribution in [0.4, 0.5) is 0 Å². The Balaban J connectivity index is 2.23. The average molecular weight is 275 g/mol. The van der Waals surface area contributed by atoms with E-state index in [1.165, 1.54) is 0 Å². The molecular formula is C11H21N3OS2. The third kappa shape index (κ3) is 5.33. The van der Waals surface area contributed by atoms with Gasteiger partial charge in [0, 0.05) is 11.3 Å². The molecule has 0 radical (unpaired) electrons. The van der Waals surface area contributed by atoms with E-state index in [0.717, 1.165) is 34.5 Å². The van der Waals surface area contributed by atoms with Gasteiger partial charge >= 0.3 is 0 Å². The van der Waals surface area contributed by atoms with E-state index in [2.05, 4.69) is 29.4 Å². The second-order valence-corrected chi connectivity index (χ2v) is 6.81. The van der Waals surface area contributed by atoms with Crippen LogP contribution in [0, 0.1) is 6.92 Å². The maximum atomic E-state index is 9.35. The lowest BCUT2D eigenvalue weighted by Gasteiger charge is -2.28. The van der Waals surface area contributed by atoms with Crippen LogP contribution < -0.4 is 5.32 Å². The van der Waals surface area contributed by atoms with E-state index in [1.54, 1.807) is 23.1 Å². The summed E-state index contributed by atoms with van der Waals surface area (Å²) in [7, 11) is 0. The van der Waals surface area contributed by atoms with E-state index in [4.69, 9.17) is 0 Å². The van der Waals surface area contributed by atoms with Gasteiger partial charge < -0.3 is 10.4 Å². The molecule has 1 atom stereocenters. The van der Waals surface area contributed by atoms with Gasteiger partial charge in [0.25, 0.3) is 0 Å². The zero-order chi connectivity index (χ0) is 12.7. The number of likely N-dealkylation sites (N-methyl/N-ethyl adjacent to an activating group) is 1. The van der Waals surface area contributed by atoms with Gasteiger partial charge in [-0.15, -0.1) is 10.2 Å². The molecule has 0 aromatic carbocycles. The van der Waals surface area contributed by atoms with Gasteiger partial charge in [-0.1, -0.05) is 30.0 Å². The van der Waals surface area contributed by atoms with Gasteiger partial charge in [0.2, 0.25) is 0 Å². The number of thioether (sulfide) groups is 1. The molecule has 2 N–H and O–H groups in total. The van der Waals surface area contributed by atoms with Crippen molar-refractivity contribution in [3.05, 3.63) is 5.01 Å². The minimum atomic E-state index is -0.146. The zero-order valence-corrected chi connectivity index (χ0v) is 12.3. The number of nitrogens with one attached hydrogen (secondary N) is 1. The molecule has 0 amide bonds. The fourth-order valence-corrected chi connectivity index (χ4v) is 3.43. The summed E-state index contributed by atoms with van der Waals surface area (Å²) in [4.78, 5) is 0. The highest BCUT2D eigenvalue weighted by atomic mass is 32.2. The van der Waals surface area contributed by atoms with Gasteiger partial charge in [-0.2, -0.15) is 0 Å². The molecule has 0 aliphatic rings. The van der Waals surface area contributed by atoms with Crippen LogP contribution in [0.2, 0.25) is 0 Å². The fourth-order valence-electron chi connectivity index (χ4n) is 1.61. The van der Waals surface area contributed by atoms with Gasteiger partial charge in [0.1, 0.15) is 5.01 Å². The van der Waals surface area contributed by atoms with E-state index >= 15 is 0 Å². The number of nitrogens with zero attached hydrogens (tertiary/aromatic N) is 2. The molecule has 0 aliphatic carbocycles. The van der Waals surface area contributed by atoms with Crippen LogP contribution >= 0.6 is 23.1 Å². The van der Waals surface area contributed by atoms with Crippen LogP contribution in [0.3, 0.4) is 0 Å². The van der Waals surface area contributed by atoms with E-state index in [-0.39, 0.29) is 12.1 Å². The van der Waals surface area contributed by atoms with Crippen molar-refractivity contribution in [1.82, 2.24) is 15.5 Å². The summed E-state index contributed by atoms with van der Waals surface area (Å²) < 4.78 is 1.04. The Bertz CT molecular complexity index is 332. The smallest absolute Gasteiger partial charge is 0.174 e. The highest BCUT2D eigenvalue weighted by Crippen LogP contribution is 2.24. The molecule has 98 valence electrons. The lowest BCUT2D eigenvalue weighted by atomic mass is 9.97. The Morgan fingerprint density at radius 3 is 2.76 bits per heavy atom.